The number of aromatic nitrogens is 2. The maximum absolute atomic E-state index is 13.7. The number of halogens is 6. The van der Waals surface area contributed by atoms with Crippen LogP contribution >= 0.6 is 11.6 Å². The van der Waals surface area contributed by atoms with Gasteiger partial charge in [-0.2, -0.15) is 0 Å². The van der Waals surface area contributed by atoms with Crippen LogP contribution in [0.5, 0.6) is 0 Å². The normalized spacial score (nSPS) is 11.2. The van der Waals surface area contributed by atoms with Crippen LogP contribution in [0.4, 0.5) is 22.0 Å². The van der Waals surface area contributed by atoms with Gasteiger partial charge >= 0.3 is 0 Å². The second-order valence-corrected chi connectivity index (χ2v) is 5.32. The van der Waals surface area contributed by atoms with Gasteiger partial charge in [0.1, 0.15) is 0 Å². The van der Waals surface area contributed by atoms with E-state index in [0.717, 1.165) is 10.9 Å². The van der Waals surface area contributed by atoms with Crippen LogP contribution in [0.15, 0.2) is 29.3 Å². The van der Waals surface area contributed by atoms with E-state index in [9.17, 15) is 26.7 Å². The highest BCUT2D eigenvalue weighted by Gasteiger charge is 2.26. The van der Waals surface area contributed by atoms with Crippen molar-refractivity contribution in [2.45, 2.75) is 6.54 Å². The van der Waals surface area contributed by atoms with Crippen LogP contribution in [0.1, 0.15) is 5.56 Å². The van der Waals surface area contributed by atoms with Gasteiger partial charge in [-0.05, 0) is 18.2 Å². The SMILES string of the molecule is O=c1c2ccc(Cl)cc2ncn1Cc1c(F)c(F)c(F)c(F)c1F. The van der Waals surface area contributed by atoms with Crippen LogP contribution in [0.3, 0.4) is 0 Å². The van der Waals surface area contributed by atoms with E-state index in [0.29, 0.717) is 5.02 Å². The summed E-state index contributed by atoms with van der Waals surface area (Å²) in [6.45, 7) is -0.865. The molecule has 3 rings (SSSR count). The molecule has 1 heterocycles. The van der Waals surface area contributed by atoms with E-state index in [1.165, 1.54) is 18.2 Å². The lowest BCUT2D eigenvalue weighted by atomic mass is 10.1. The highest BCUT2D eigenvalue weighted by Crippen LogP contribution is 2.23. The number of fused-ring (bicyclic) bond motifs is 1. The Bertz CT molecular complexity index is 1010. The molecule has 0 N–H and O–H groups in total. The summed E-state index contributed by atoms with van der Waals surface area (Å²) in [5.74, 6) is -10.4. The van der Waals surface area contributed by atoms with Crippen LogP contribution in [-0.4, -0.2) is 9.55 Å². The summed E-state index contributed by atoms with van der Waals surface area (Å²) in [6, 6.07) is 4.17. The second-order valence-electron chi connectivity index (χ2n) is 4.89. The molecular formula is C15H6ClF5N2O. The fourth-order valence-electron chi connectivity index (χ4n) is 2.20. The fourth-order valence-corrected chi connectivity index (χ4v) is 2.37. The maximum atomic E-state index is 13.7. The van der Waals surface area contributed by atoms with Crippen LogP contribution in [0, 0.1) is 29.1 Å². The van der Waals surface area contributed by atoms with E-state index >= 15 is 0 Å². The first-order valence-electron chi connectivity index (χ1n) is 6.46. The Kier molecular flexibility index (Phi) is 4.00. The predicted octanol–water partition coefficient (Wildman–Crippen LogP) is 3.79. The summed E-state index contributed by atoms with van der Waals surface area (Å²) in [5.41, 5.74) is -1.59. The lowest BCUT2D eigenvalue weighted by molar-refractivity contribution is 0.367. The number of hydrogen-bond acceptors (Lipinski definition) is 2. The zero-order chi connectivity index (χ0) is 17.6. The van der Waals surface area contributed by atoms with Crippen LogP contribution in [-0.2, 0) is 6.54 Å². The molecular weight excluding hydrogens is 355 g/mol. The zero-order valence-electron chi connectivity index (χ0n) is 11.6. The largest absolute Gasteiger partial charge is 0.294 e. The van der Waals surface area contributed by atoms with Crippen molar-refractivity contribution in [3.8, 4) is 0 Å². The zero-order valence-corrected chi connectivity index (χ0v) is 12.3. The molecule has 0 fully saturated rings. The Labute approximate surface area is 135 Å². The summed E-state index contributed by atoms with van der Waals surface area (Å²) in [6.07, 6.45) is 0.943. The Morgan fingerprint density at radius 3 is 2.17 bits per heavy atom. The van der Waals surface area contributed by atoms with Crippen molar-refractivity contribution in [1.82, 2.24) is 9.55 Å². The third kappa shape index (κ3) is 2.52. The van der Waals surface area contributed by atoms with Gasteiger partial charge < -0.3 is 0 Å². The van der Waals surface area contributed by atoms with Crippen molar-refractivity contribution < 1.29 is 22.0 Å². The van der Waals surface area contributed by atoms with Gasteiger partial charge in [0.2, 0.25) is 5.82 Å². The first-order chi connectivity index (χ1) is 11.3. The van der Waals surface area contributed by atoms with Crippen LogP contribution in [0.2, 0.25) is 5.02 Å². The first-order valence-corrected chi connectivity index (χ1v) is 6.84. The minimum Gasteiger partial charge on any atom is -0.294 e. The highest BCUT2D eigenvalue weighted by molar-refractivity contribution is 6.31. The molecule has 0 saturated carbocycles. The summed E-state index contributed by atoms with van der Waals surface area (Å²) in [5, 5.41) is 0.415. The van der Waals surface area contributed by atoms with Crippen molar-refractivity contribution in [3.05, 3.63) is 74.6 Å². The summed E-state index contributed by atoms with van der Waals surface area (Å²) in [4.78, 5) is 16.2. The molecule has 0 spiro atoms. The third-order valence-electron chi connectivity index (χ3n) is 3.42. The molecule has 0 aliphatic rings. The Morgan fingerprint density at radius 2 is 1.54 bits per heavy atom. The molecule has 0 aliphatic carbocycles. The number of hydrogen-bond donors (Lipinski definition) is 0. The molecule has 0 bridgehead atoms. The van der Waals surface area contributed by atoms with E-state index in [1.54, 1.807) is 0 Å². The topological polar surface area (TPSA) is 34.9 Å². The van der Waals surface area contributed by atoms with E-state index in [1.807, 2.05) is 0 Å². The Balaban J connectivity index is 2.17. The van der Waals surface area contributed by atoms with Crippen molar-refractivity contribution in [1.29, 1.82) is 0 Å². The van der Waals surface area contributed by atoms with E-state index in [2.05, 4.69) is 4.98 Å². The molecule has 0 radical (unpaired) electrons. The van der Waals surface area contributed by atoms with Gasteiger partial charge in [0.15, 0.2) is 23.3 Å². The quantitative estimate of drug-likeness (QED) is 0.396. The first kappa shape index (κ1) is 16.4. The van der Waals surface area contributed by atoms with Gasteiger partial charge in [-0.3, -0.25) is 9.36 Å². The van der Waals surface area contributed by atoms with E-state index < -0.39 is 46.8 Å². The summed E-state index contributed by atoms with van der Waals surface area (Å²) < 4.78 is 67.7. The van der Waals surface area contributed by atoms with Crippen molar-refractivity contribution in [2.24, 2.45) is 0 Å². The van der Waals surface area contributed by atoms with Crippen molar-refractivity contribution in [2.75, 3.05) is 0 Å². The molecule has 124 valence electrons. The Hall–Kier alpha value is -2.48. The summed E-state index contributed by atoms with van der Waals surface area (Å²) in [7, 11) is 0. The maximum Gasteiger partial charge on any atom is 0.261 e. The average Bonchev–Trinajstić information content (AvgIpc) is 2.57. The van der Waals surface area contributed by atoms with Crippen LogP contribution < -0.4 is 5.56 Å². The third-order valence-corrected chi connectivity index (χ3v) is 3.65. The molecule has 2 aromatic carbocycles. The smallest absolute Gasteiger partial charge is 0.261 e. The van der Waals surface area contributed by atoms with Gasteiger partial charge in [0.25, 0.3) is 5.56 Å². The fraction of sp³-hybridized carbons (Fsp3) is 0.0667. The molecule has 9 heteroatoms. The lowest BCUT2D eigenvalue weighted by Crippen LogP contribution is -2.23. The molecule has 0 aliphatic heterocycles. The highest BCUT2D eigenvalue weighted by atomic mass is 35.5. The molecule has 3 nitrogen and oxygen atoms in total. The molecule has 24 heavy (non-hydrogen) atoms. The van der Waals surface area contributed by atoms with Gasteiger partial charge in [-0.15, -0.1) is 0 Å². The Morgan fingerprint density at radius 1 is 0.958 bits per heavy atom. The van der Waals surface area contributed by atoms with Gasteiger partial charge in [-0.1, -0.05) is 11.6 Å². The standard InChI is InChI=1S/C15H6ClF5N2O/c16-6-1-2-7-9(3-6)22-5-23(15(7)24)4-8-10(17)12(19)14(21)13(20)11(8)18/h1-3,5H,4H2. The second kappa shape index (κ2) is 5.86. The molecule has 0 unspecified atom stereocenters. The van der Waals surface area contributed by atoms with Gasteiger partial charge in [0, 0.05) is 10.6 Å². The van der Waals surface area contributed by atoms with Crippen molar-refractivity contribution >= 4 is 22.5 Å². The lowest BCUT2D eigenvalue weighted by Gasteiger charge is -2.10. The molecule has 0 atom stereocenters. The van der Waals surface area contributed by atoms with E-state index in [-0.39, 0.29) is 10.9 Å². The van der Waals surface area contributed by atoms with Crippen molar-refractivity contribution in [3.63, 3.8) is 0 Å². The van der Waals surface area contributed by atoms with Crippen LogP contribution in [0.25, 0.3) is 10.9 Å². The molecule has 0 amide bonds. The number of benzene rings is 2. The number of nitrogens with zero attached hydrogens (tertiary/aromatic N) is 2. The molecule has 0 saturated heterocycles. The average molecular weight is 361 g/mol. The van der Waals surface area contributed by atoms with Gasteiger partial charge in [-0.25, -0.2) is 26.9 Å². The summed E-state index contributed by atoms with van der Waals surface area (Å²) >= 11 is 5.76. The van der Waals surface area contributed by atoms with Gasteiger partial charge in [0.05, 0.1) is 23.8 Å². The van der Waals surface area contributed by atoms with E-state index in [4.69, 9.17) is 11.6 Å². The molecule has 1 aromatic heterocycles. The molecule has 3 aromatic rings. The minimum absolute atomic E-state index is 0.0887. The number of rotatable bonds is 2. The predicted molar refractivity (Wildman–Crippen MR) is 76.3 cm³/mol. The monoisotopic (exact) mass is 360 g/mol. The minimum atomic E-state index is -2.26.